The molecule has 0 fully saturated rings. The van der Waals surface area contributed by atoms with Gasteiger partial charge in [0.15, 0.2) is 5.82 Å². The lowest BCUT2D eigenvalue weighted by molar-refractivity contribution is -0.131. The van der Waals surface area contributed by atoms with Crippen LogP contribution in [0, 0.1) is 4.77 Å². The molecule has 0 saturated carbocycles. The highest BCUT2D eigenvalue weighted by Gasteiger charge is 2.00. The first-order valence-electron chi connectivity index (χ1n) is 3.16. The Morgan fingerprint density at radius 1 is 1.67 bits per heavy atom. The van der Waals surface area contributed by atoms with Gasteiger partial charge in [-0.1, -0.05) is 0 Å². The van der Waals surface area contributed by atoms with E-state index in [0.717, 1.165) is 6.08 Å². The standard InChI is InChI=1S/C6H7N3O2S/c1-3(2-4(10)11)5-7-6(12)9-8-5/h2H,1H3,(H,10,11)(H2,7,8,9,12). The van der Waals surface area contributed by atoms with E-state index in [1.54, 1.807) is 6.92 Å². The quantitative estimate of drug-likeness (QED) is 0.473. The third kappa shape index (κ3) is 2.03. The highest BCUT2D eigenvalue weighted by atomic mass is 32.1. The van der Waals surface area contributed by atoms with Gasteiger partial charge in [-0.25, -0.2) is 4.79 Å². The first-order chi connectivity index (χ1) is 5.59. The molecule has 0 atom stereocenters. The van der Waals surface area contributed by atoms with E-state index in [4.69, 9.17) is 17.3 Å². The largest absolute Gasteiger partial charge is 0.478 e. The van der Waals surface area contributed by atoms with Crippen molar-refractivity contribution in [1.82, 2.24) is 15.2 Å². The second kappa shape index (κ2) is 3.31. The van der Waals surface area contributed by atoms with E-state index in [9.17, 15) is 4.79 Å². The average Bonchev–Trinajstić information content (AvgIpc) is 2.34. The fourth-order valence-electron chi connectivity index (χ4n) is 0.710. The normalized spacial score (nSPS) is 11.6. The maximum Gasteiger partial charge on any atom is 0.328 e. The maximum absolute atomic E-state index is 10.2. The molecule has 0 bridgehead atoms. The molecule has 0 radical (unpaired) electrons. The van der Waals surface area contributed by atoms with Gasteiger partial charge in [-0.15, -0.1) is 0 Å². The van der Waals surface area contributed by atoms with Gasteiger partial charge in [0.25, 0.3) is 0 Å². The van der Waals surface area contributed by atoms with Crippen LogP contribution in [-0.4, -0.2) is 26.3 Å². The van der Waals surface area contributed by atoms with Crippen molar-refractivity contribution in [3.8, 4) is 0 Å². The monoisotopic (exact) mass is 185 g/mol. The van der Waals surface area contributed by atoms with Crippen LogP contribution in [0.15, 0.2) is 6.08 Å². The van der Waals surface area contributed by atoms with Crippen LogP contribution in [-0.2, 0) is 4.79 Å². The lowest BCUT2D eigenvalue weighted by Gasteiger charge is -1.90. The molecule has 0 spiro atoms. The number of nitrogens with one attached hydrogen (secondary N) is 2. The average molecular weight is 185 g/mol. The molecule has 5 nitrogen and oxygen atoms in total. The van der Waals surface area contributed by atoms with Crippen LogP contribution in [0.1, 0.15) is 12.7 Å². The van der Waals surface area contributed by atoms with E-state index < -0.39 is 5.97 Å². The molecule has 1 heterocycles. The summed E-state index contributed by atoms with van der Waals surface area (Å²) in [6, 6.07) is 0. The van der Waals surface area contributed by atoms with E-state index in [-0.39, 0.29) is 0 Å². The zero-order valence-corrected chi connectivity index (χ0v) is 7.10. The van der Waals surface area contributed by atoms with E-state index >= 15 is 0 Å². The predicted molar refractivity (Wildman–Crippen MR) is 45.1 cm³/mol. The number of aliphatic carboxylic acids is 1. The first-order valence-corrected chi connectivity index (χ1v) is 3.56. The van der Waals surface area contributed by atoms with E-state index in [0.29, 0.717) is 16.2 Å². The van der Waals surface area contributed by atoms with Crippen molar-refractivity contribution in [2.24, 2.45) is 0 Å². The minimum atomic E-state index is -1.00. The molecule has 12 heavy (non-hydrogen) atoms. The van der Waals surface area contributed by atoms with Crippen molar-refractivity contribution in [3.63, 3.8) is 0 Å². The fourth-order valence-corrected chi connectivity index (χ4v) is 0.853. The first kappa shape index (κ1) is 8.66. The molecule has 0 aliphatic rings. The number of carbonyl (C=O) groups is 1. The molecule has 1 rings (SSSR count). The van der Waals surface area contributed by atoms with Crippen molar-refractivity contribution in [2.75, 3.05) is 0 Å². The number of aromatic amines is 2. The molecule has 0 aromatic carbocycles. The van der Waals surface area contributed by atoms with Crippen molar-refractivity contribution < 1.29 is 9.90 Å². The number of allylic oxidation sites excluding steroid dienone is 1. The van der Waals surface area contributed by atoms with Crippen LogP contribution in [0.5, 0.6) is 0 Å². The fraction of sp³-hybridized carbons (Fsp3) is 0.167. The topological polar surface area (TPSA) is 81.8 Å². The zero-order chi connectivity index (χ0) is 9.14. The highest BCUT2D eigenvalue weighted by molar-refractivity contribution is 7.71. The minimum Gasteiger partial charge on any atom is -0.478 e. The van der Waals surface area contributed by atoms with Crippen molar-refractivity contribution in [3.05, 3.63) is 16.7 Å². The molecule has 0 aliphatic heterocycles. The number of hydrogen-bond donors (Lipinski definition) is 3. The van der Waals surface area contributed by atoms with Crippen molar-refractivity contribution >= 4 is 23.8 Å². The molecule has 1 aromatic heterocycles. The Morgan fingerprint density at radius 2 is 2.33 bits per heavy atom. The second-order valence-electron chi connectivity index (χ2n) is 2.18. The summed E-state index contributed by atoms with van der Waals surface area (Å²) >= 11 is 4.69. The molecule has 64 valence electrons. The lowest BCUT2D eigenvalue weighted by atomic mass is 10.3. The number of carboxylic acids is 1. The third-order valence-electron chi connectivity index (χ3n) is 1.21. The summed E-state index contributed by atoms with van der Waals surface area (Å²) in [4.78, 5) is 14.1. The molecule has 6 heteroatoms. The number of aromatic nitrogens is 3. The molecule has 1 aromatic rings. The minimum absolute atomic E-state index is 0.308. The maximum atomic E-state index is 10.2. The summed E-state index contributed by atoms with van der Waals surface area (Å²) < 4.78 is 0.308. The Bertz CT molecular complexity index is 376. The van der Waals surface area contributed by atoms with Gasteiger partial charge in [-0.2, -0.15) is 4.98 Å². The predicted octanol–water partition coefficient (Wildman–Crippen LogP) is 0.955. The number of hydrogen-bond acceptors (Lipinski definition) is 3. The summed E-state index contributed by atoms with van der Waals surface area (Å²) in [5.41, 5.74) is 0.523. The molecule has 3 N–H and O–H groups in total. The van der Waals surface area contributed by atoms with Crippen LogP contribution >= 0.6 is 12.2 Å². The van der Waals surface area contributed by atoms with Crippen LogP contribution in [0.25, 0.3) is 5.57 Å². The number of nitrogens with zero attached hydrogens (tertiary/aromatic N) is 1. The smallest absolute Gasteiger partial charge is 0.328 e. The second-order valence-corrected chi connectivity index (χ2v) is 2.57. The zero-order valence-electron chi connectivity index (χ0n) is 6.29. The number of carboxylic acid groups (broad SMARTS) is 1. The molecule has 0 aliphatic carbocycles. The lowest BCUT2D eigenvalue weighted by Crippen LogP contribution is -1.91. The summed E-state index contributed by atoms with van der Waals surface area (Å²) in [5, 5.41) is 13.6. The van der Waals surface area contributed by atoms with Gasteiger partial charge in [0, 0.05) is 11.6 Å². The Morgan fingerprint density at radius 3 is 2.75 bits per heavy atom. The van der Waals surface area contributed by atoms with Gasteiger partial charge in [0.05, 0.1) is 0 Å². The van der Waals surface area contributed by atoms with Crippen LogP contribution < -0.4 is 0 Å². The van der Waals surface area contributed by atoms with Gasteiger partial charge in [0.2, 0.25) is 4.77 Å². The summed E-state index contributed by atoms with van der Waals surface area (Å²) in [5.74, 6) is -0.558. The van der Waals surface area contributed by atoms with Crippen LogP contribution in [0.2, 0.25) is 0 Å². The van der Waals surface area contributed by atoms with Gasteiger partial charge in [-0.3, -0.25) is 10.2 Å². The Kier molecular flexibility index (Phi) is 2.39. The van der Waals surface area contributed by atoms with E-state index in [1.807, 2.05) is 0 Å². The summed E-state index contributed by atoms with van der Waals surface area (Å²) in [6.07, 6.45) is 1.06. The van der Waals surface area contributed by atoms with Gasteiger partial charge < -0.3 is 5.11 Å². The van der Waals surface area contributed by atoms with Gasteiger partial charge >= 0.3 is 5.97 Å². The van der Waals surface area contributed by atoms with Crippen molar-refractivity contribution in [1.29, 1.82) is 0 Å². The van der Waals surface area contributed by atoms with Crippen LogP contribution in [0.4, 0.5) is 0 Å². The SMILES string of the molecule is CC(=CC(=O)O)c1nc(=S)[nH][nH]1. The Hall–Kier alpha value is -1.43. The molecule has 0 saturated heterocycles. The van der Waals surface area contributed by atoms with E-state index in [2.05, 4.69) is 15.2 Å². The van der Waals surface area contributed by atoms with E-state index in [1.165, 1.54) is 0 Å². The molecular weight excluding hydrogens is 178 g/mol. The Labute approximate surface area is 73.1 Å². The Balaban J connectivity index is 2.99. The molecule has 0 amide bonds. The van der Waals surface area contributed by atoms with Gasteiger partial charge in [0.1, 0.15) is 0 Å². The molecular formula is C6H7N3O2S. The third-order valence-corrected chi connectivity index (χ3v) is 1.41. The molecule has 0 unspecified atom stereocenters. The van der Waals surface area contributed by atoms with Gasteiger partial charge in [-0.05, 0) is 19.1 Å². The van der Waals surface area contributed by atoms with Crippen LogP contribution in [0.3, 0.4) is 0 Å². The summed E-state index contributed by atoms with van der Waals surface area (Å²) in [7, 11) is 0. The highest BCUT2D eigenvalue weighted by Crippen LogP contribution is 2.05. The number of H-pyrrole nitrogens is 2. The number of rotatable bonds is 2. The van der Waals surface area contributed by atoms with Crippen molar-refractivity contribution in [2.45, 2.75) is 6.92 Å². The summed E-state index contributed by atoms with van der Waals surface area (Å²) in [6.45, 7) is 1.63.